The van der Waals surface area contributed by atoms with Crippen molar-refractivity contribution in [1.29, 1.82) is 0 Å². The fourth-order valence-corrected chi connectivity index (χ4v) is 3.06. The fourth-order valence-electron chi connectivity index (χ4n) is 2.38. The van der Waals surface area contributed by atoms with Crippen LogP contribution < -0.4 is 14.9 Å². The Hall–Kier alpha value is -3.00. The van der Waals surface area contributed by atoms with Crippen molar-refractivity contribution in [3.05, 3.63) is 48.0 Å². The van der Waals surface area contributed by atoms with Gasteiger partial charge in [-0.05, 0) is 42.8 Å². The Morgan fingerprint density at radius 1 is 1.30 bits per heavy atom. The van der Waals surface area contributed by atoms with Gasteiger partial charge in [0.05, 0.1) is 36.7 Å². The summed E-state index contributed by atoms with van der Waals surface area (Å²) in [6.07, 6.45) is 1.56. The SMILES string of the molecule is CCOc1ccc(/C=N/NC(=O)CSc2nc3ccccc3[nH]2)cc1OC. The third kappa shape index (κ3) is 5.01. The predicted octanol–water partition coefficient (Wildman–Crippen LogP) is 3.21. The fraction of sp³-hybridized carbons (Fsp3) is 0.211. The molecule has 27 heavy (non-hydrogen) atoms. The molecule has 8 heteroatoms. The molecule has 2 aromatic carbocycles. The number of aromatic nitrogens is 2. The van der Waals surface area contributed by atoms with Crippen molar-refractivity contribution in [1.82, 2.24) is 15.4 Å². The first-order valence-corrected chi connectivity index (χ1v) is 9.38. The van der Waals surface area contributed by atoms with E-state index in [1.165, 1.54) is 11.8 Å². The van der Waals surface area contributed by atoms with E-state index in [2.05, 4.69) is 20.5 Å². The lowest BCUT2D eigenvalue weighted by atomic mass is 10.2. The summed E-state index contributed by atoms with van der Waals surface area (Å²) < 4.78 is 10.8. The monoisotopic (exact) mass is 384 g/mol. The van der Waals surface area contributed by atoms with Crippen LogP contribution in [0.1, 0.15) is 12.5 Å². The molecule has 0 saturated heterocycles. The first-order valence-electron chi connectivity index (χ1n) is 8.40. The Kier molecular flexibility index (Phi) is 6.32. The molecule has 0 saturated carbocycles. The van der Waals surface area contributed by atoms with Gasteiger partial charge in [0.15, 0.2) is 16.7 Å². The molecule has 0 atom stereocenters. The number of fused-ring (bicyclic) bond motifs is 1. The molecular weight excluding hydrogens is 364 g/mol. The summed E-state index contributed by atoms with van der Waals surface area (Å²) in [7, 11) is 1.58. The molecule has 1 aromatic heterocycles. The topological polar surface area (TPSA) is 88.6 Å². The van der Waals surface area contributed by atoms with Gasteiger partial charge in [0.25, 0.3) is 5.91 Å². The molecule has 0 spiro atoms. The van der Waals surface area contributed by atoms with Gasteiger partial charge in [0.2, 0.25) is 0 Å². The highest BCUT2D eigenvalue weighted by Gasteiger charge is 2.07. The number of amides is 1. The molecular formula is C19H20N4O3S. The zero-order chi connectivity index (χ0) is 19.1. The summed E-state index contributed by atoms with van der Waals surface area (Å²) in [5.74, 6) is 1.29. The highest BCUT2D eigenvalue weighted by Crippen LogP contribution is 2.27. The van der Waals surface area contributed by atoms with Crippen molar-refractivity contribution in [2.24, 2.45) is 5.10 Å². The second kappa shape index (κ2) is 9.09. The third-order valence-electron chi connectivity index (χ3n) is 3.60. The van der Waals surface area contributed by atoms with E-state index in [4.69, 9.17) is 9.47 Å². The zero-order valence-corrected chi connectivity index (χ0v) is 15.9. The Morgan fingerprint density at radius 2 is 2.15 bits per heavy atom. The Morgan fingerprint density at radius 3 is 2.93 bits per heavy atom. The van der Waals surface area contributed by atoms with E-state index in [-0.39, 0.29) is 11.7 Å². The van der Waals surface area contributed by atoms with Crippen molar-refractivity contribution in [3.63, 3.8) is 0 Å². The highest BCUT2D eigenvalue weighted by atomic mass is 32.2. The Bertz CT molecular complexity index is 922. The van der Waals surface area contributed by atoms with E-state index >= 15 is 0 Å². The summed E-state index contributed by atoms with van der Waals surface area (Å²) >= 11 is 1.32. The largest absolute Gasteiger partial charge is 0.493 e. The number of hydrogen-bond acceptors (Lipinski definition) is 6. The predicted molar refractivity (Wildman–Crippen MR) is 107 cm³/mol. The number of imidazole rings is 1. The van der Waals surface area contributed by atoms with Gasteiger partial charge in [-0.15, -0.1) is 0 Å². The molecule has 2 N–H and O–H groups in total. The van der Waals surface area contributed by atoms with E-state index in [0.717, 1.165) is 16.6 Å². The minimum Gasteiger partial charge on any atom is -0.493 e. The minimum absolute atomic E-state index is 0.212. The average molecular weight is 384 g/mol. The van der Waals surface area contributed by atoms with E-state index in [1.54, 1.807) is 19.4 Å². The van der Waals surface area contributed by atoms with Gasteiger partial charge in [-0.3, -0.25) is 4.79 Å². The summed E-state index contributed by atoms with van der Waals surface area (Å²) in [6, 6.07) is 13.2. The number of carbonyl (C=O) groups is 1. The van der Waals surface area contributed by atoms with E-state index in [9.17, 15) is 4.79 Å². The van der Waals surface area contributed by atoms with Crippen LogP contribution in [0.4, 0.5) is 0 Å². The number of carbonyl (C=O) groups excluding carboxylic acids is 1. The lowest BCUT2D eigenvalue weighted by Crippen LogP contribution is -2.19. The van der Waals surface area contributed by atoms with Crippen molar-refractivity contribution in [3.8, 4) is 11.5 Å². The Balaban J connectivity index is 1.52. The molecule has 0 unspecified atom stereocenters. The third-order valence-corrected chi connectivity index (χ3v) is 4.47. The van der Waals surface area contributed by atoms with Gasteiger partial charge < -0.3 is 14.5 Å². The molecule has 3 rings (SSSR count). The molecule has 1 amide bonds. The van der Waals surface area contributed by atoms with Crippen LogP contribution >= 0.6 is 11.8 Å². The van der Waals surface area contributed by atoms with Crippen molar-refractivity contribution >= 4 is 34.9 Å². The average Bonchev–Trinajstić information content (AvgIpc) is 3.10. The van der Waals surface area contributed by atoms with Crippen LogP contribution in [0.3, 0.4) is 0 Å². The molecule has 0 fully saturated rings. The number of aromatic amines is 1. The van der Waals surface area contributed by atoms with E-state index < -0.39 is 0 Å². The summed E-state index contributed by atoms with van der Waals surface area (Å²) in [4.78, 5) is 19.5. The lowest BCUT2D eigenvalue weighted by Gasteiger charge is -2.09. The van der Waals surface area contributed by atoms with Crippen molar-refractivity contribution < 1.29 is 14.3 Å². The zero-order valence-electron chi connectivity index (χ0n) is 15.1. The first kappa shape index (κ1) is 18.8. The van der Waals surface area contributed by atoms with Crippen LogP contribution in [0.5, 0.6) is 11.5 Å². The number of H-pyrrole nitrogens is 1. The number of thioether (sulfide) groups is 1. The number of benzene rings is 2. The number of ether oxygens (including phenoxy) is 2. The summed E-state index contributed by atoms with van der Waals surface area (Å²) in [6.45, 7) is 2.47. The summed E-state index contributed by atoms with van der Waals surface area (Å²) in [5, 5.41) is 4.68. The van der Waals surface area contributed by atoms with Crippen LogP contribution in [0.15, 0.2) is 52.7 Å². The number of hydrogen-bond donors (Lipinski definition) is 2. The maximum atomic E-state index is 12.0. The van der Waals surface area contributed by atoms with E-state index in [1.807, 2.05) is 43.3 Å². The molecule has 140 valence electrons. The molecule has 0 bridgehead atoms. The van der Waals surface area contributed by atoms with Crippen molar-refractivity contribution in [2.75, 3.05) is 19.5 Å². The maximum Gasteiger partial charge on any atom is 0.250 e. The minimum atomic E-state index is -0.213. The smallest absolute Gasteiger partial charge is 0.250 e. The molecule has 0 aliphatic carbocycles. The number of nitrogens with one attached hydrogen (secondary N) is 2. The molecule has 0 radical (unpaired) electrons. The maximum absolute atomic E-state index is 12.0. The second-order valence-electron chi connectivity index (χ2n) is 5.48. The van der Waals surface area contributed by atoms with Gasteiger partial charge in [-0.25, -0.2) is 10.4 Å². The molecule has 0 aliphatic rings. The number of methoxy groups -OCH3 is 1. The van der Waals surface area contributed by atoms with Crippen LogP contribution in [-0.4, -0.2) is 41.6 Å². The van der Waals surface area contributed by atoms with Gasteiger partial charge in [-0.2, -0.15) is 5.10 Å². The second-order valence-corrected chi connectivity index (χ2v) is 6.45. The molecule has 0 aliphatic heterocycles. The number of rotatable bonds is 8. The van der Waals surface area contributed by atoms with E-state index in [0.29, 0.717) is 23.3 Å². The lowest BCUT2D eigenvalue weighted by molar-refractivity contribution is -0.118. The number of para-hydroxylation sites is 2. The Labute approximate surface area is 161 Å². The van der Waals surface area contributed by atoms with Crippen molar-refractivity contribution in [2.45, 2.75) is 12.1 Å². The van der Waals surface area contributed by atoms with Gasteiger partial charge in [-0.1, -0.05) is 23.9 Å². The normalized spacial score (nSPS) is 11.0. The number of nitrogens with zero attached hydrogens (tertiary/aromatic N) is 2. The quantitative estimate of drug-likeness (QED) is 0.354. The summed E-state index contributed by atoms with van der Waals surface area (Å²) in [5.41, 5.74) is 5.13. The molecule has 1 heterocycles. The van der Waals surface area contributed by atoms with Crippen LogP contribution in [0.25, 0.3) is 11.0 Å². The van der Waals surface area contributed by atoms with Gasteiger partial charge >= 0.3 is 0 Å². The number of hydrazone groups is 1. The van der Waals surface area contributed by atoms with Crippen LogP contribution in [0.2, 0.25) is 0 Å². The standard InChI is InChI=1S/C19H20N4O3S/c1-3-26-16-9-8-13(10-17(16)25-2)11-20-23-18(24)12-27-19-21-14-6-4-5-7-15(14)22-19/h4-11H,3,12H2,1-2H3,(H,21,22)(H,23,24)/b20-11+. The van der Waals surface area contributed by atoms with Gasteiger partial charge in [0.1, 0.15) is 0 Å². The van der Waals surface area contributed by atoms with Crippen LogP contribution in [0, 0.1) is 0 Å². The highest BCUT2D eigenvalue weighted by molar-refractivity contribution is 7.99. The molecule has 7 nitrogen and oxygen atoms in total. The van der Waals surface area contributed by atoms with Gasteiger partial charge in [0, 0.05) is 0 Å². The molecule has 3 aromatic rings. The first-order chi connectivity index (χ1) is 13.2. The van der Waals surface area contributed by atoms with Crippen LogP contribution in [-0.2, 0) is 4.79 Å².